The van der Waals surface area contributed by atoms with Crippen LogP contribution in [0.25, 0.3) is 0 Å². The molecule has 0 fully saturated rings. The van der Waals surface area contributed by atoms with Crippen LogP contribution < -0.4 is 5.32 Å². The molecular weight excluding hydrogens is 154 g/mol. The molecule has 0 aromatic heterocycles. The Labute approximate surface area is 71.6 Å². The molecule has 1 aliphatic heterocycles. The van der Waals surface area contributed by atoms with Gasteiger partial charge in [0.25, 0.3) is 0 Å². The Morgan fingerprint density at radius 2 is 2.27 bits per heavy atom. The highest BCUT2D eigenvalue weighted by molar-refractivity contribution is 8.07. The van der Waals surface area contributed by atoms with Gasteiger partial charge in [-0.2, -0.15) is 0 Å². The van der Waals surface area contributed by atoms with Crippen molar-refractivity contribution < 1.29 is 0 Å². The van der Waals surface area contributed by atoms with Crippen molar-refractivity contribution >= 4 is 11.8 Å². The van der Waals surface area contributed by atoms with Gasteiger partial charge in [-0.05, 0) is 13.0 Å². The quantitative estimate of drug-likeness (QED) is 0.675. The molecule has 1 heterocycles. The van der Waals surface area contributed by atoms with Crippen molar-refractivity contribution in [2.24, 2.45) is 0 Å². The van der Waals surface area contributed by atoms with E-state index in [1.807, 2.05) is 19.1 Å². The van der Waals surface area contributed by atoms with Crippen LogP contribution in [-0.4, -0.2) is 0 Å². The molecule has 0 radical (unpaired) electrons. The lowest BCUT2D eigenvalue weighted by molar-refractivity contribution is 1.11. The van der Waals surface area contributed by atoms with Gasteiger partial charge in [0.05, 0.1) is 10.7 Å². The van der Waals surface area contributed by atoms with Gasteiger partial charge in [0.15, 0.2) is 0 Å². The lowest BCUT2D eigenvalue weighted by atomic mass is 10.3. The summed E-state index contributed by atoms with van der Waals surface area (Å²) in [5.41, 5.74) is 1.05. The molecule has 0 unspecified atom stereocenters. The maximum atomic E-state index is 3.81. The van der Waals surface area contributed by atoms with Gasteiger partial charge in [-0.3, -0.25) is 0 Å². The summed E-state index contributed by atoms with van der Waals surface area (Å²) in [6.45, 7) is 9.51. The average molecular weight is 165 g/mol. The Hall–Kier alpha value is -0.890. The largest absolute Gasteiger partial charge is 0.350 e. The van der Waals surface area contributed by atoms with Crippen LogP contribution in [0, 0.1) is 0 Å². The highest BCUT2D eigenvalue weighted by atomic mass is 32.2. The molecule has 0 spiro atoms. The minimum absolute atomic E-state index is 0.966. The summed E-state index contributed by atoms with van der Waals surface area (Å²) in [5.74, 6) is 0. The highest BCUT2D eigenvalue weighted by Crippen LogP contribution is 2.32. The van der Waals surface area contributed by atoms with Crippen molar-refractivity contribution in [3.63, 3.8) is 0 Å². The van der Waals surface area contributed by atoms with Crippen molar-refractivity contribution in [1.82, 2.24) is 5.32 Å². The number of allylic oxidation sites excluding steroid dienone is 3. The van der Waals surface area contributed by atoms with Gasteiger partial charge in [0.1, 0.15) is 0 Å². The lowest BCUT2D eigenvalue weighted by Gasteiger charge is -1.94. The second kappa shape index (κ2) is 3.49. The Morgan fingerprint density at radius 3 is 2.82 bits per heavy atom. The Balaban J connectivity index is 2.87. The summed E-state index contributed by atoms with van der Waals surface area (Å²) in [5, 5.41) is 4.08. The highest BCUT2D eigenvalue weighted by Gasteiger charge is 2.11. The monoisotopic (exact) mass is 165 g/mol. The number of nitrogens with one attached hydrogen (secondary N) is 1. The molecule has 0 aromatic carbocycles. The van der Waals surface area contributed by atoms with Crippen molar-refractivity contribution in [2.75, 3.05) is 0 Å². The molecule has 0 saturated carbocycles. The lowest BCUT2D eigenvalue weighted by Crippen LogP contribution is -2.00. The van der Waals surface area contributed by atoms with Gasteiger partial charge in [-0.15, -0.1) is 0 Å². The zero-order valence-corrected chi connectivity index (χ0v) is 7.37. The van der Waals surface area contributed by atoms with E-state index >= 15 is 0 Å². The van der Waals surface area contributed by atoms with Gasteiger partial charge in [-0.1, -0.05) is 37.1 Å². The van der Waals surface area contributed by atoms with Gasteiger partial charge in [0.2, 0.25) is 0 Å². The van der Waals surface area contributed by atoms with E-state index in [2.05, 4.69) is 18.5 Å². The zero-order chi connectivity index (χ0) is 8.27. The molecule has 0 amide bonds. The number of thioether (sulfide) groups is 1. The molecule has 0 aromatic rings. The minimum atomic E-state index is 0.966. The third-order valence-electron chi connectivity index (χ3n) is 1.29. The van der Waals surface area contributed by atoms with Gasteiger partial charge in [-0.25, -0.2) is 0 Å². The smallest absolute Gasteiger partial charge is 0.0701 e. The summed E-state index contributed by atoms with van der Waals surface area (Å²) in [4.78, 5) is 1.19. The van der Waals surface area contributed by atoms with Crippen LogP contribution in [0.2, 0.25) is 0 Å². The van der Waals surface area contributed by atoms with Crippen molar-refractivity contribution in [3.05, 3.63) is 47.0 Å². The molecule has 58 valence electrons. The summed E-state index contributed by atoms with van der Waals surface area (Å²) < 4.78 is 0. The summed E-state index contributed by atoms with van der Waals surface area (Å²) in [6.07, 6.45) is 5.86. The van der Waals surface area contributed by atoms with E-state index in [1.165, 1.54) is 4.91 Å². The van der Waals surface area contributed by atoms with Gasteiger partial charge >= 0.3 is 0 Å². The molecule has 11 heavy (non-hydrogen) atoms. The maximum Gasteiger partial charge on any atom is 0.0701 e. The second-order valence-corrected chi connectivity index (χ2v) is 3.27. The number of hydrogen-bond acceptors (Lipinski definition) is 2. The first kappa shape index (κ1) is 8.21. The van der Waals surface area contributed by atoms with Crippen LogP contribution in [0.15, 0.2) is 47.0 Å². The van der Waals surface area contributed by atoms with E-state index in [0.29, 0.717) is 0 Å². The summed E-state index contributed by atoms with van der Waals surface area (Å²) in [7, 11) is 0. The first-order valence-electron chi connectivity index (χ1n) is 3.41. The van der Waals surface area contributed by atoms with Crippen LogP contribution in [0.3, 0.4) is 0 Å². The van der Waals surface area contributed by atoms with Crippen molar-refractivity contribution in [3.8, 4) is 0 Å². The molecule has 0 saturated heterocycles. The van der Waals surface area contributed by atoms with E-state index in [1.54, 1.807) is 17.8 Å². The van der Waals surface area contributed by atoms with Gasteiger partial charge < -0.3 is 5.32 Å². The summed E-state index contributed by atoms with van der Waals surface area (Å²) in [6, 6.07) is 0. The number of hydrogen-bond donors (Lipinski definition) is 1. The molecule has 1 aliphatic rings. The fourth-order valence-electron chi connectivity index (χ4n) is 0.852. The molecule has 1 nitrogen and oxygen atoms in total. The van der Waals surface area contributed by atoms with E-state index in [9.17, 15) is 0 Å². The Kier molecular flexibility index (Phi) is 2.60. The predicted octanol–water partition coefficient (Wildman–Crippen LogP) is 2.77. The molecule has 0 atom stereocenters. The molecule has 0 bridgehead atoms. The van der Waals surface area contributed by atoms with Crippen molar-refractivity contribution in [1.29, 1.82) is 0 Å². The first-order valence-corrected chi connectivity index (χ1v) is 4.22. The first-order chi connectivity index (χ1) is 5.27. The predicted molar refractivity (Wildman–Crippen MR) is 51.9 cm³/mol. The zero-order valence-electron chi connectivity index (χ0n) is 6.55. The SMILES string of the molecule is C=CC1=C(/C=C\C)SC(=C)N1. The molecule has 2 heteroatoms. The third kappa shape index (κ3) is 1.77. The summed E-state index contributed by atoms with van der Waals surface area (Å²) >= 11 is 1.64. The average Bonchev–Trinajstić information content (AvgIpc) is 2.32. The van der Waals surface area contributed by atoms with E-state index < -0.39 is 0 Å². The van der Waals surface area contributed by atoms with E-state index in [-0.39, 0.29) is 0 Å². The standard InChI is InChI=1S/C9H11NS/c1-4-6-9-8(5-2)10-7(3)11-9/h4-6,10H,2-3H2,1H3/b6-4-. The second-order valence-electron chi connectivity index (χ2n) is 2.13. The molecule has 1 rings (SSSR count). The van der Waals surface area contributed by atoms with Crippen LogP contribution in [-0.2, 0) is 0 Å². The molecular formula is C9H11NS. The van der Waals surface area contributed by atoms with Gasteiger partial charge in [0, 0.05) is 4.91 Å². The minimum Gasteiger partial charge on any atom is -0.350 e. The fraction of sp³-hybridized carbons (Fsp3) is 0.111. The maximum absolute atomic E-state index is 3.81. The van der Waals surface area contributed by atoms with Crippen LogP contribution in [0.4, 0.5) is 0 Å². The van der Waals surface area contributed by atoms with Crippen LogP contribution in [0.1, 0.15) is 6.92 Å². The van der Waals surface area contributed by atoms with Crippen molar-refractivity contribution in [2.45, 2.75) is 6.92 Å². The third-order valence-corrected chi connectivity index (χ3v) is 2.22. The topological polar surface area (TPSA) is 12.0 Å². The van der Waals surface area contributed by atoms with Crippen LogP contribution in [0.5, 0.6) is 0 Å². The molecule has 0 aliphatic carbocycles. The van der Waals surface area contributed by atoms with Crippen LogP contribution >= 0.6 is 11.8 Å². The van der Waals surface area contributed by atoms with E-state index in [4.69, 9.17) is 0 Å². The normalized spacial score (nSPS) is 17.7. The number of rotatable bonds is 2. The fourth-order valence-corrected chi connectivity index (χ4v) is 1.73. The molecule has 1 N–H and O–H groups in total. The van der Waals surface area contributed by atoms with E-state index in [0.717, 1.165) is 10.7 Å². The Morgan fingerprint density at radius 1 is 1.55 bits per heavy atom. The Bertz CT molecular complexity index is 248.